The first-order valence-electron chi connectivity index (χ1n) is 7.77. The Hall–Kier alpha value is -1.88. The highest BCUT2D eigenvalue weighted by Gasteiger charge is 2.12. The second-order valence-electron chi connectivity index (χ2n) is 5.60. The molecule has 124 valence electrons. The lowest BCUT2D eigenvalue weighted by atomic mass is 10.0. The van der Waals surface area contributed by atoms with Gasteiger partial charge < -0.3 is 19.9 Å². The van der Waals surface area contributed by atoms with Crippen LogP contribution in [0.1, 0.15) is 12.5 Å². The summed E-state index contributed by atoms with van der Waals surface area (Å²) in [4.78, 5) is 0. The van der Waals surface area contributed by atoms with E-state index < -0.39 is 6.10 Å². The lowest BCUT2D eigenvalue weighted by Crippen LogP contribution is -2.31. The van der Waals surface area contributed by atoms with Gasteiger partial charge in [0.25, 0.3) is 0 Å². The molecule has 0 radical (unpaired) electrons. The molecule has 2 atom stereocenters. The highest BCUT2D eigenvalue weighted by Crippen LogP contribution is 2.22. The number of hydrogen-bond acceptors (Lipinski definition) is 4. The zero-order valence-corrected chi connectivity index (χ0v) is 14.0. The van der Waals surface area contributed by atoms with E-state index in [0.717, 1.165) is 16.8 Å². The molecule has 2 unspecified atom stereocenters. The van der Waals surface area contributed by atoms with E-state index in [2.05, 4.69) is 41.7 Å². The van der Waals surface area contributed by atoms with E-state index in [1.165, 1.54) is 5.56 Å². The number of aliphatic hydroxyl groups excluding tert-OH is 1. The van der Waals surface area contributed by atoms with Crippen LogP contribution in [0.15, 0.2) is 48.5 Å². The lowest BCUT2D eigenvalue weighted by molar-refractivity contribution is 0.00700. The van der Waals surface area contributed by atoms with Crippen molar-refractivity contribution in [3.8, 4) is 11.1 Å². The van der Waals surface area contributed by atoms with Gasteiger partial charge >= 0.3 is 0 Å². The Labute approximate surface area is 138 Å². The molecule has 2 rings (SSSR count). The van der Waals surface area contributed by atoms with E-state index in [1.807, 2.05) is 19.1 Å². The fourth-order valence-corrected chi connectivity index (χ4v) is 2.29. The molecule has 4 nitrogen and oxygen atoms in total. The fourth-order valence-electron chi connectivity index (χ4n) is 2.29. The number of hydrogen-bond donors (Lipinski definition) is 2. The number of anilines is 1. The second-order valence-corrected chi connectivity index (χ2v) is 5.60. The molecule has 0 aromatic heterocycles. The van der Waals surface area contributed by atoms with Crippen LogP contribution in [0.3, 0.4) is 0 Å². The summed E-state index contributed by atoms with van der Waals surface area (Å²) in [5, 5.41) is 13.1. The molecule has 0 saturated carbocycles. The van der Waals surface area contributed by atoms with Gasteiger partial charge in [0.2, 0.25) is 0 Å². The highest BCUT2D eigenvalue weighted by molar-refractivity contribution is 5.66. The van der Waals surface area contributed by atoms with Crippen molar-refractivity contribution in [1.29, 1.82) is 0 Å². The van der Waals surface area contributed by atoms with Crippen LogP contribution in [-0.2, 0) is 16.1 Å². The number of benzene rings is 2. The Morgan fingerprint density at radius 3 is 2.04 bits per heavy atom. The van der Waals surface area contributed by atoms with E-state index in [0.29, 0.717) is 13.2 Å². The van der Waals surface area contributed by atoms with Crippen LogP contribution < -0.4 is 5.32 Å². The summed E-state index contributed by atoms with van der Waals surface area (Å²) < 4.78 is 10.2. The molecule has 4 heteroatoms. The van der Waals surface area contributed by atoms with Gasteiger partial charge in [-0.15, -0.1) is 0 Å². The average molecular weight is 315 g/mol. The minimum absolute atomic E-state index is 0.188. The average Bonchev–Trinajstić information content (AvgIpc) is 2.60. The van der Waals surface area contributed by atoms with Gasteiger partial charge in [0.1, 0.15) is 0 Å². The van der Waals surface area contributed by atoms with Gasteiger partial charge in [0.05, 0.1) is 18.8 Å². The van der Waals surface area contributed by atoms with Gasteiger partial charge in [-0.25, -0.2) is 0 Å². The molecule has 0 spiro atoms. The first kappa shape index (κ1) is 17.5. The number of ether oxygens (including phenoxy) is 2. The molecule has 0 aliphatic rings. The van der Waals surface area contributed by atoms with E-state index in [4.69, 9.17) is 9.47 Å². The van der Waals surface area contributed by atoms with Crippen molar-refractivity contribution in [2.24, 2.45) is 0 Å². The molecule has 2 N–H and O–H groups in total. The molecular weight excluding hydrogens is 290 g/mol. The monoisotopic (exact) mass is 315 g/mol. The summed E-state index contributed by atoms with van der Waals surface area (Å²) in [6.07, 6.45) is -0.722. The van der Waals surface area contributed by atoms with Crippen LogP contribution in [0.5, 0.6) is 0 Å². The molecule has 0 aliphatic carbocycles. The second kappa shape index (κ2) is 8.67. The van der Waals surface area contributed by atoms with Crippen molar-refractivity contribution < 1.29 is 14.6 Å². The molecule has 0 fully saturated rings. The summed E-state index contributed by atoms with van der Waals surface area (Å²) >= 11 is 0. The van der Waals surface area contributed by atoms with Crippen molar-refractivity contribution >= 4 is 5.69 Å². The zero-order chi connectivity index (χ0) is 16.7. The summed E-state index contributed by atoms with van der Waals surface area (Å²) in [6, 6.07) is 16.5. The van der Waals surface area contributed by atoms with Crippen LogP contribution in [0.25, 0.3) is 11.1 Å². The molecule has 2 aromatic rings. The number of nitrogens with one attached hydrogen (secondary N) is 1. The first-order valence-corrected chi connectivity index (χ1v) is 7.77. The zero-order valence-electron chi connectivity index (χ0n) is 14.0. The quantitative estimate of drug-likeness (QED) is 0.785. The van der Waals surface area contributed by atoms with Gasteiger partial charge in [-0.05, 0) is 35.7 Å². The molecule has 2 aromatic carbocycles. The Kier molecular flexibility index (Phi) is 6.59. The summed E-state index contributed by atoms with van der Waals surface area (Å²) in [5.74, 6) is 0. The van der Waals surface area contributed by atoms with Crippen molar-refractivity contribution in [3.63, 3.8) is 0 Å². The smallest absolute Gasteiger partial charge is 0.0970 e. The maximum Gasteiger partial charge on any atom is 0.0970 e. The molecule has 0 bridgehead atoms. The van der Waals surface area contributed by atoms with Crippen LogP contribution in [-0.4, -0.2) is 38.1 Å². The third-order valence-corrected chi connectivity index (χ3v) is 3.91. The predicted molar refractivity (Wildman–Crippen MR) is 93.6 cm³/mol. The normalized spacial score (nSPS) is 13.6. The third kappa shape index (κ3) is 5.06. The largest absolute Gasteiger partial charge is 0.389 e. The molecule has 23 heavy (non-hydrogen) atoms. The fraction of sp³-hybridized carbons (Fsp3) is 0.368. The van der Waals surface area contributed by atoms with Crippen molar-refractivity contribution in [3.05, 3.63) is 54.1 Å². The Morgan fingerprint density at radius 1 is 0.957 bits per heavy atom. The van der Waals surface area contributed by atoms with Gasteiger partial charge in [-0.3, -0.25) is 0 Å². The molecule has 0 amide bonds. The van der Waals surface area contributed by atoms with Crippen LogP contribution in [0.2, 0.25) is 0 Å². The maximum atomic E-state index is 9.88. The Balaban J connectivity index is 1.96. The molecule has 0 saturated heterocycles. The van der Waals surface area contributed by atoms with E-state index in [-0.39, 0.29) is 6.10 Å². The number of rotatable bonds is 8. The predicted octanol–water partition coefficient (Wildman–Crippen LogP) is 3.31. The molecule has 0 heterocycles. The third-order valence-electron chi connectivity index (χ3n) is 3.91. The van der Waals surface area contributed by atoms with Crippen LogP contribution in [0, 0.1) is 0 Å². The van der Waals surface area contributed by atoms with Gasteiger partial charge in [-0.2, -0.15) is 0 Å². The minimum atomic E-state index is -0.534. The van der Waals surface area contributed by atoms with E-state index >= 15 is 0 Å². The lowest BCUT2D eigenvalue weighted by Gasteiger charge is -2.18. The first-order chi connectivity index (χ1) is 11.1. The van der Waals surface area contributed by atoms with Gasteiger partial charge in [-0.1, -0.05) is 36.4 Å². The number of methoxy groups -OCH3 is 2. The summed E-state index contributed by atoms with van der Waals surface area (Å²) in [6.45, 7) is 2.94. The van der Waals surface area contributed by atoms with Crippen molar-refractivity contribution in [2.45, 2.75) is 25.7 Å². The van der Waals surface area contributed by atoms with E-state index in [1.54, 1.807) is 14.2 Å². The van der Waals surface area contributed by atoms with Gasteiger partial charge in [0.15, 0.2) is 0 Å². The summed E-state index contributed by atoms with van der Waals surface area (Å²) in [5.41, 5.74) is 4.47. The molecular formula is C19H25NO3. The maximum absolute atomic E-state index is 9.88. The van der Waals surface area contributed by atoms with Crippen LogP contribution >= 0.6 is 0 Å². The van der Waals surface area contributed by atoms with E-state index in [9.17, 15) is 5.11 Å². The summed E-state index contributed by atoms with van der Waals surface area (Å²) in [7, 11) is 3.30. The topological polar surface area (TPSA) is 50.7 Å². The Bertz CT molecular complexity index is 581. The minimum Gasteiger partial charge on any atom is -0.389 e. The SMILES string of the molecule is COCc1ccc(-c2ccc(NCC(O)C(C)OC)cc2)cc1. The Morgan fingerprint density at radius 2 is 1.52 bits per heavy atom. The van der Waals surface area contributed by atoms with Gasteiger partial charge in [0, 0.05) is 26.5 Å². The van der Waals surface area contributed by atoms with Crippen molar-refractivity contribution in [1.82, 2.24) is 0 Å². The van der Waals surface area contributed by atoms with Crippen molar-refractivity contribution in [2.75, 3.05) is 26.1 Å². The number of aliphatic hydroxyl groups is 1. The van der Waals surface area contributed by atoms with Crippen LogP contribution in [0.4, 0.5) is 5.69 Å². The molecule has 0 aliphatic heterocycles. The highest BCUT2D eigenvalue weighted by atomic mass is 16.5. The standard InChI is InChI=1S/C19H25NO3/c1-14(23-3)19(21)12-20-18-10-8-17(9-11-18)16-6-4-15(5-7-16)13-22-2/h4-11,14,19-21H,12-13H2,1-3H3.